The van der Waals surface area contributed by atoms with E-state index in [2.05, 4.69) is 29.5 Å². The monoisotopic (exact) mass is 376 g/mol. The second kappa shape index (κ2) is 7.94. The molecule has 5 heteroatoms. The molecule has 3 nitrogen and oxygen atoms in total. The van der Waals surface area contributed by atoms with Gasteiger partial charge in [0.25, 0.3) is 10.1 Å². The molecule has 0 saturated carbocycles. The van der Waals surface area contributed by atoms with E-state index < -0.39 is 14.9 Å². The summed E-state index contributed by atoms with van der Waals surface area (Å²) < 4.78 is 30.9. The number of hydrogen-bond donors (Lipinski definition) is 1. The van der Waals surface area contributed by atoms with Crippen LogP contribution >= 0.6 is 22.6 Å². The Kier molecular flexibility index (Phi) is 8.24. The molecule has 0 aromatic rings. The van der Waals surface area contributed by atoms with E-state index >= 15 is 0 Å². The van der Waals surface area contributed by atoms with E-state index in [1.54, 1.807) is 13.8 Å². The van der Waals surface area contributed by atoms with Gasteiger partial charge in [0.1, 0.15) is 0 Å². The highest BCUT2D eigenvalue weighted by Crippen LogP contribution is 2.23. The maximum absolute atomic E-state index is 11.0. The van der Waals surface area contributed by atoms with Crippen LogP contribution in [-0.2, 0) is 10.1 Å². The van der Waals surface area contributed by atoms with E-state index in [1.165, 1.54) is 19.3 Å². The molecule has 0 aromatic carbocycles. The Morgan fingerprint density at radius 1 is 1.12 bits per heavy atom. The van der Waals surface area contributed by atoms with Crippen molar-refractivity contribution in [3.8, 4) is 0 Å². The Morgan fingerprint density at radius 3 is 2.06 bits per heavy atom. The van der Waals surface area contributed by atoms with Crippen molar-refractivity contribution in [2.75, 3.05) is 0 Å². The lowest BCUT2D eigenvalue weighted by Gasteiger charge is -2.20. The predicted octanol–water partition coefficient (Wildman–Crippen LogP) is 4.21. The van der Waals surface area contributed by atoms with E-state index in [4.69, 9.17) is 4.55 Å². The highest BCUT2D eigenvalue weighted by Gasteiger charge is 2.31. The van der Waals surface area contributed by atoms with E-state index in [9.17, 15) is 8.42 Å². The van der Waals surface area contributed by atoms with E-state index in [0.717, 1.165) is 23.2 Å². The van der Waals surface area contributed by atoms with Crippen LogP contribution in [0, 0.1) is 0 Å². The Hall–Kier alpha value is 0.640. The normalized spacial score (nSPS) is 14.9. The molecule has 0 rings (SSSR count). The first-order valence-electron chi connectivity index (χ1n) is 6.28. The lowest BCUT2D eigenvalue weighted by atomic mass is 10.0. The molecule has 0 aliphatic carbocycles. The molecule has 1 N–H and O–H groups in total. The molecule has 0 fully saturated rings. The molecule has 0 aromatic heterocycles. The number of unbranched alkanes of at least 4 members (excludes halogenated alkanes) is 4. The average Bonchev–Trinajstić information content (AvgIpc) is 2.13. The minimum absolute atomic E-state index is 0.536. The van der Waals surface area contributed by atoms with Gasteiger partial charge in [0.15, 0.2) is 0 Å². The van der Waals surface area contributed by atoms with Crippen LogP contribution in [0.5, 0.6) is 0 Å². The summed E-state index contributed by atoms with van der Waals surface area (Å²) >= 11 is 2.44. The van der Waals surface area contributed by atoms with Crippen LogP contribution in [0.15, 0.2) is 0 Å². The highest BCUT2D eigenvalue weighted by molar-refractivity contribution is 14.1. The fraction of sp³-hybridized carbons (Fsp3) is 1.00. The fourth-order valence-electron chi connectivity index (χ4n) is 1.64. The molecule has 1 unspecified atom stereocenters. The molecule has 17 heavy (non-hydrogen) atoms. The van der Waals surface area contributed by atoms with E-state index in [-0.39, 0.29) is 0 Å². The third-order valence-electron chi connectivity index (χ3n) is 3.08. The van der Waals surface area contributed by atoms with Crippen molar-refractivity contribution in [1.82, 2.24) is 0 Å². The van der Waals surface area contributed by atoms with Gasteiger partial charge in [0, 0.05) is 3.92 Å². The number of alkyl halides is 1. The SMILES string of the molecule is CC(I)CCCCCCCC(C)(C)S(=O)(=O)O. The van der Waals surface area contributed by atoms with Gasteiger partial charge in [-0.25, -0.2) is 0 Å². The van der Waals surface area contributed by atoms with Crippen molar-refractivity contribution < 1.29 is 13.0 Å². The standard InChI is InChI=1S/C12H25IO3S/c1-11(13)9-7-5-4-6-8-10-12(2,3)17(14,15)16/h11H,4-10H2,1-3H3,(H,14,15,16). The second-order valence-electron chi connectivity index (χ2n) is 5.32. The van der Waals surface area contributed by atoms with Gasteiger partial charge in [-0.05, 0) is 26.7 Å². The molecule has 0 amide bonds. The number of hydrogen-bond acceptors (Lipinski definition) is 2. The summed E-state index contributed by atoms with van der Waals surface area (Å²) in [6.45, 7) is 5.38. The van der Waals surface area contributed by atoms with Crippen LogP contribution in [0.4, 0.5) is 0 Å². The molecular formula is C12H25IO3S. The quantitative estimate of drug-likeness (QED) is 0.284. The second-order valence-corrected chi connectivity index (χ2v) is 9.50. The third-order valence-corrected chi connectivity index (χ3v) is 5.30. The van der Waals surface area contributed by atoms with Gasteiger partial charge >= 0.3 is 0 Å². The van der Waals surface area contributed by atoms with E-state index in [0.29, 0.717) is 6.42 Å². The molecule has 104 valence electrons. The lowest BCUT2D eigenvalue weighted by Crippen LogP contribution is -2.31. The summed E-state index contributed by atoms with van der Waals surface area (Å²) in [4.78, 5) is 0. The number of rotatable bonds is 9. The van der Waals surface area contributed by atoms with Crippen LogP contribution in [0.1, 0.15) is 65.7 Å². The van der Waals surface area contributed by atoms with Crippen molar-refractivity contribution in [2.45, 2.75) is 74.4 Å². The fourth-order valence-corrected chi connectivity index (χ4v) is 2.48. The van der Waals surface area contributed by atoms with Crippen LogP contribution in [-0.4, -0.2) is 21.6 Å². The molecule has 0 bridgehead atoms. The summed E-state index contributed by atoms with van der Waals surface area (Å²) in [5.74, 6) is 0. The van der Waals surface area contributed by atoms with Gasteiger partial charge in [0.05, 0.1) is 4.75 Å². The summed E-state index contributed by atoms with van der Waals surface area (Å²) in [5.41, 5.74) is 0. The first kappa shape index (κ1) is 17.6. The van der Waals surface area contributed by atoms with Crippen molar-refractivity contribution in [1.29, 1.82) is 0 Å². The van der Waals surface area contributed by atoms with Crippen molar-refractivity contribution >= 4 is 32.7 Å². The molecule has 0 heterocycles. The zero-order valence-electron chi connectivity index (χ0n) is 11.1. The highest BCUT2D eigenvalue weighted by atomic mass is 127. The molecule has 1 atom stereocenters. The zero-order valence-corrected chi connectivity index (χ0v) is 14.1. The Bertz CT molecular complexity index is 297. The third kappa shape index (κ3) is 8.37. The summed E-state index contributed by atoms with van der Waals surface area (Å²) in [7, 11) is -3.91. The first-order valence-corrected chi connectivity index (χ1v) is 8.96. The van der Waals surface area contributed by atoms with Crippen molar-refractivity contribution in [3.63, 3.8) is 0 Å². The molecule has 0 aliphatic rings. The largest absolute Gasteiger partial charge is 0.285 e. The van der Waals surface area contributed by atoms with Crippen molar-refractivity contribution in [2.24, 2.45) is 0 Å². The van der Waals surface area contributed by atoms with Gasteiger partial charge in [-0.3, -0.25) is 4.55 Å². The summed E-state index contributed by atoms with van der Waals surface area (Å²) in [6.07, 6.45) is 7.35. The zero-order chi connectivity index (χ0) is 13.5. The van der Waals surface area contributed by atoms with E-state index in [1.807, 2.05) is 0 Å². The minimum atomic E-state index is -3.91. The van der Waals surface area contributed by atoms with Crippen LogP contribution < -0.4 is 0 Å². The maximum atomic E-state index is 11.0. The molecule has 0 radical (unpaired) electrons. The van der Waals surface area contributed by atoms with Crippen LogP contribution in [0.2, 0.25) is 0 Å². The Morgan fingerprint density at radius 2 is 1.59 bits per heavy atom. The summed E-state index contributed by atoms with van der Waals surface area (Å²) in [6, 6.07) is 0. The Balaban J connectivity index is 3.59. The van der Waals surface area contributed by atoms with Gasteiger partial charge in [-0.2, -0.15) is 8.42 Å². The van der Waals surface area contributed by atoms with Crippen molar-refractivity contribution in [3.05, 3.63) is 0 Å². The van der Waals surface area contributed by atoms with Gasteiger partial charge < -0.3 is 0 Å². The molecule has 0 saturated heterocycles. The smallest absolute Gasteiger partial charge is 0.270 e. The average molecular weight is 376 g/mol. The number of halogens is 1. The van der Waals surface area contributed by atoms with Crippen LogP contribution in [0.25, 0.3) is 0 Å². The first-order chi connectivity index (χ1) is 7.67. The Labute approximate surface area is 120 Å². The summed E-state index contributed by atoms with van der Waals surface area (Å²) in [5, 5.41) is 0. The van der Waals surface area contributed by atoms with Crippen LogP contribution in [0.3, 0.4) is 0 Å². The predicted molar refractivity (Wildman–Crippen MR) is 81.4 cm³/mol. The molecule has 0 aliphatic heterocycles. The van der Waals surface area contributed by atoms with Gasteiger partial charge in [0.2, 0.25) is 0 Å². The lowest BCUT2D eigenvalue weighted by molar-refractivity contribution is 0.422. The van der Waals surface area contributed by atoms with Gasteiger partial charge in [-0.1, -0.05) is 61.6 Å². The van der Waals surface area contributed by atoms with Gasteiger partial charge in [-0.15, -0.1) is 0 Å². The topological polar surface area (TPSA) is 54.4 Å². The maximum Gasteiger partial charge on any atom is 0.270 e. The minimum Gasteiger partial charge on any atom is -0.285 e. The molecular weight excluding hydrogens is 351 g/mol. The molecule has 0 spiro atoms.